The van der Waals surface area contributed by atoms with Crippen molar-refractivity contribution in [2.75, 3.05) is 17.2 Å². The Morgan fingerprint density at radius 3 is 2.66 bits per heavy atom. The Morgan fingerprint density at radius 1 is 1.09 bits per heavy atom. The molecule has 176 valence electrons. The third kappa shape index (κ3) is 4.40. The van der Waals surface area contributed by atoms with Gasteiger partial charge in [-0.2, -0.15) is 0 Å². The average Bonchev–Trinajstić information content (AvgIpc) is 3.47. The first-order chi connectivity index (χ1) is 16.9. The predicted octanol–water partition coefficient (Wildman–Crippen LogP) is 4.54. The molecule has 0 bridgehead atoms. The lowest BCUT2D eigenvalue weighted by Gasteiger charge is -2.17. The van der Waals surface area contributed by atoms with Gasteiger partial charge in [-0.25, -0.2) is 0 Å². The first kappa shape index (κ1) is 22.7. The molecule has 0 unspecified atom stereocenters. The number of anilines is 1. The van der Waals surface area contributed by atoms with Gasteiger partial charge in [-0.3, -0.25) is 24.5 Å². The number of benzene rings is 2. The summed E-state index contributed by atoms with van der Waals surface area (Å²) in [7, 11) is 0. The highest BCUT2D eigenvalue weighted by Gasteiger charge is 2.27. The SMILES string of the molecule is Cc1ccc(-n2c(SCC(=O)N3CCc4cc([N+](=O)[O-])ccc43)nnc2-c2ccccn2)c(C)c1. The Morgan fingerprint density at radius 2 is 1.91 bits per heavy atom. The molecule has 0 radical (unpaired) electrons. The highest BCUT2D eigenvalue weighted by Crippen LogP contribution is 2.33. The molecule has 10 heteroatoms. The number of thioether (sulfide) groups is 1. The second-order valence-corrected chi connectivity index (χ2v) is 9.24. The number of nitro benzene ring substituents is 1. The Labute approximate surface area is 206 Å². The van der Waals surface area contributed by atoms with E-state index in [0.717, 1.165) is 28.1 Å². The fourth-order valence-electron chi connectivity index (χ4n) is 4.26. The quantitative estimate of drug-likeness (QED) is 0.224. The van der Waals surface area contributed by atoms with Crippen LogP contribution in [0.15, 0.2) is 66.0 Å². The number of aromatic nitrogens is 4. The maximum atomic E-state index is 13.1. The maximum Gasteiger partial charge on any atom is 0.269 e. The molecular weight excluding hydrogens is 464 g/mol. The monoisotopic (exact) mass is 486 g/mol. The zero-order chi connectivity index (χ0) is 24.5. The van der Waals surface area contributed by atoms with Crippen LogP contribution in [0.5, 0.6) is 0 Å². The normalized spacial score (nSPS) is 12.6. The first-order valence-electron chi connectivity index (χ1n) is 11.1. The van der Waals surface area contributed by atoms with E-state index in [1.165, 1.54) is 17.8 Å². The van der Waals surface area contributed by atoms with E-state index in [4.69, 9.17) is 0 Å². The van der Waals surface area contributed by atoms with E-state index >= 15 is 0 Å². The summed E-state index contributed by atoms with van der Waals surface area (Å²) in [5, 5.41) is 20.5. The van der Waals surface area contributed by atoms with Crippen LogP contribution in [0.1, 0.15) is 16.7 Å². The number of non-ortho nitro benzene ring substituents is 1. The fourth-order valence-corrected chi connectivity index (χ4v) is 5.08. The number of pyridine rings is 1. The Hall–Kier alpha value is -4.05. The van der Waals surface area contributed by atoms with Crippen LogP contribution in [0.4, 0.5) is 11.4 Å². The number of nitrogens with zero attached hydrogens (tertiary/aromatic N) is 6. The molecule has 0 spiro atoms. The van der Waals surface area contributed by atoms with Crippen molar-refractivity contribution in [3.05, 3.63) is 87.6 Å². The Balaban J connectivity index is 1.43. The number of amides is 1. The average molecular weight is 487 g/mol. The molecule has 1 aliphatic heterocycles. The van der Waals surface area contributed by atoms with Gasteiger partial charge in [0.05, 0.1) is 16.4 Å². The smallest absolute Gasteiger partial charge is 0.269 e. The van der Waals surface area contributed by atoms with E-state index in [0.29, 0.717) is 29.6 Å². The van der Waals surface area contributed by atoms with Gasteiger partial charge in [0.2, 0.25) is 5.91 Å². The van der Waals surface area contributed by atoms with Gasteiger partial charge in [0.15, 0.2) is 11.0 Å². The van der Waals surface area contributed by atoms with Crippen LogP contribution in [-0.4, -0.2) is 42.9 Å². The van der Waals surface area contributed by atoms with Crippen molar-refractivity contribution in [3.63, 3.8) is 0 Å². The molecule has 2 aromatic heterocycles. The summed E-state index contributed by atoms with van der Waals surface area (Å²) < 4.78 is 1.94. The van der Waals surface area contributed by atoms with Crippen LogP contribution in [-0.2, 0) is 11.2 Å². The lowest BCUT2D eigenvalue weighted by Crippen LogP contribution is -2.30. The minimum atomic E-state index is -0.417. The molecule has 0 atom stereocenters. The van der Waals surface area contributed by atoms with E-state index in [2.05, 4.69) is 21.2 Å². The molecule has 4 aromatic rings. The van der Waals surface area contributed by atoms with E-state index in [9.17, 15) is 14.9 Å². The summed E-state index contributed by atoms with van der Waals surface area (Å²) in [5.74, 6) is 0.672. The van der Waals surface area contributed by atoms with Gasteiger partial charge in [-0.15, -0.1) is 10.2 Å². The molecule has 0 saturated heterocycles. The summed E-state index contributed by atoms with van der Waals surface area (Å²) in [4.78, 5) is 29.9. The molecule has 9 nitrogen and oxygen atoms in total. The van der Waals surface area contributed by atoms with Crippen molar-refractivity contribution < 1.29 is 9.72 Å². The van der Waals surface area contributed by atoms with Crippen molar-refractivity contribution >= 4 is 29.0 Å². The van der Waals surface area contributed by atoms with E-state index < -0.39 is 4.92 Å². The highest BCUT2D eigenvalue weighted by atomic mass is 32.2. The molecule has 0 N–H and O–H groups in total. The maximum absolute atomic E-state index is 13.1. The van der Waals surface area contributed by atoms with E-state index in [-0.39, 0.29) is 17.3 Å². The Kier molecular flexibility index (Phi) is 6.04. The van der Waals surface area contributed by atoms with E-state index in [1.54, 1.807) is 23.2 Å². The summed E-state index contributed by atoms with van der Waals surface area (Å²) in [6, 6.07) is 16.4. The minimum absolute atomic E-state index is 0.0380. The van der Waals surface area contributed by atoms with Gasteiger partial charge in [-0.1, -0.05) is 35.5 Å². The highest BCUT2D eigenvalue weighted by molar-refractivity contribution is 7.99. The van der Waals surface area contributed by atoms with Crippen molar-refractivity contribution in [1.82, 2.24) is 19.7 Å². The Bertz CT molecular complexity index is 1440. The van der Waals surface area contributed by atoms with Gasteiger partial charge in [0.25, 0.3) is 5.69 Å². The van der Waals surface area contributed by atoms with Crippen LogP contribution in [0.2, 0.25) is 0 Å². The number of carbonyl (C=O) groups is 1. The molecule has 0 aliphatic carbocycles. The molecule has 0 fully saturated rings. The number of hydrogen-bond donors (Lipinski definition) is 0. The van der Waals surface area contributed by atoms with Crippen LogP contribution >= 0.6 is 11.8 Å². The molecule has 35 heavy (non-hydrogen) atoms. The third-order valence-electron chi connectivity index (χ3n) is 5.92. The van der Waals surface area contributed by atoms with Crippen LogP contribution in [0.25, 0.3) is 17.2 Å². The second-order valence-electron chi connectivity index (χ2n) is 8.30. The number of rotatable bonds is 6. The number of nitro groups is 1. The lowest BCUT2D eigenvalue weighted by molar-refractivity contribution is -0.384. The zero-order valence-electron chi connectivity index (χ0n) is 19.2. The topological polar surface area (TPSA) is 107 Å². The van der Waals surface area contributed by atoms with Crippen LogP contribution in [0.3, 0.4) is 0 Å². The minimum Gasteiger partial charge on any atom is -0.311 e. The molecule has 2 aromatic carbocycles. The van der Waals surface area contributed by atoms with Crippen LogP contribution < -0.4 is 4.90 Å². The van der Waals surface area contributed by atoms with E-state index in [1.807, 2.05) is 48.7 Å². The fraction of sp³-hybridized carbons (Fsp3) is 0.200. The van der Waals surface area contributed by atoms with Crippen LogP contribution in [0, 0.1) is 24.0 Å². The van der Waals surface area contributed by atoms with Gasteiger partial charge in [0.1, 0.15) is 5.69 Å². The predicted molar refractivity (Wildman–Crippen MR) is 134 cm³/mol. The molecular formula is C25H22N6O3S. The first-order valence-corrected chi connectivity index (χ1v) is 12.1. The number of aryl methyl sites for hydroxylation is 2. The van der Waals surface area contributed by atoms with Crippen molar-refractivity contribution in [1.29, 1.82) is 0 Å². The zero-order valence-corrected chi connectivity index (χ0v) is 20.0. The van der Waals surface area contributed by atoms with Gasteiger partial charge >= 0.3 is 0 Å². The van der Waals surface area contributed by atoms with Gasteiger partial charge in [-0.05, 0) is 55.7 Å². The third-order valence-corrected chi connectivity index (χ3v) is 6.83. The second kappa shape index (κ2) is 9.30. The number of hydrogen-bond acceptors (Lipinski definition) is 7. The molecule has 5 rings (SSSR count). The van der Waals surface area contributed by atoms with Gasteiger partial charge < -0.3 is 4.90 Å². The standard InChI is InChI=1S/C25H22N6O3S/c1-16-6-8-21(17(2)13-16)30-24(20-5-3-4-11-26-20)27-28-25(30)35-15-23(32)29-12-10-18-14-19(31(33)34)7-9-22(18)29/h3-9,11,13-14H,10,12,15H2,1-2H3. The number of fused-ring (bicyclic) bond motifs is 1. The summed E-state index contributed by atoms with van der Waals surface area (Å²) in [6.07, 6.45) is 2.30. The molecule has 3 heterocycles. The van der Waals surface area contributed by atoms with Gasteiger partial charge in [0, 0.05) is 30.6 Å². The molecule has 1 aliphatic rings. The number of carbonyl (C=O) groups excluding carboxylic acids is 1. The van der Waals surface area contributed by atoms with Crippen molar-refractivity contribution in [2.45, 2.75) is 25.4 Å². The lowest BCUT2D eigenvalue weighted by atomic mass is 10.1. The summed E-state index contributed by atoms with van der Waals surface area (Å²) >= 11 is 1.31. The molecule has 0 saturated carbocycles. The largest absolute Gasteiger partial charge is 0.311 e. The van der Waals surface area contributed by atoms with Crippen molar-refractivity contribution in [2.24, 2.45) is 0 Å². The summed E-state index contributed by atoms with van der Waals surface area (Å²) in [5.41, 5.74) is 5.40. The summed E-state index contributed by atoms with van der Waals surface area (Å²) in [6.45, 7) is 4.57. The van der Waals surface area contributed by atoms with Crippen molar-refractivity contribution in [3.8, 4) is 17.2 Å². The molecule has 1 amide bonds.